The van der Waals surface area contributed by atoms with Crippen LogP contribution < -0.4 is 5.73 Å². The van der Waals surface area contributed by atoms with Gasteiger partial charge in [-0.3, -0.25) is 0 Å². The molecule has 0 fully saturated rings. The number of nitriles is 1. The van der Waals surface area contributed by atoms with Gasteiger partial charge in [-0.2, -0.15) is 5.26 Å². The molecule has 0 saturated heterocycles. The van der Waals surface area contributed by atoms with Gasteiger partial charge in [-0.05, 0) is 24.0 Å². The zero-order valence-electron chi connectivity index (χ0n) is 7.95. The molecule has 0 aliphatic rings. The maximum Gasteiger partial charge on any atom is 0.152 e. The van der Waals surface area contributed by atoms with Crippen molar-refractivity contribution in [2.75, 3.05) is 0 Å². The number of nitrogens with zero attached hydrogens (tertiary/aromatic N) is 1. The van der Waals surface area contributed by atoms with Crippen molar-refractivity contribution in [2.45, 2.75) is 26.3 Å². The topological polar surface area (TPSA) is 62.9 Å². The van der Waals surface area contributed by atoms with Gasteiger partial charge in [0, 0.05) is 0 Å². The van der Waals surface area contributed by atoms with Gasteiger partial charge in [0.15, 0.2) is 6.04 Å². The molecular formula is C10H14N2O. The number of rotatable bonds is 3. The van der Waals surface area contributed by atoms with Crippen LogP contribution >= 0.6 is 0 Å². The summed E-state index contributed by atoms with van der Waals surface area (Å²) in [5, 5.41) is 8.63. The van der Waals surface area contributed by atoms with Gasteiger partial charge in [-0.25, -0.2) is 0 Å². The third kappa shape index (κ3) is 2.33. The van der Waals surface area contributed by atoms with Crippen molar-refractivity contribution in [3.05, 3.63) is 23.7 Å². The number of hydrogen-bond acceptors (Lipinski definition) is 3. The first-order valence-corrected chi connectivity index (χ1v) is 4.36. The van der Waals surface area contributed by atoms with Crippen molar-refractivity contribution in [3.63, 3.8) is 0 Å². The van der Waals surface area contributed by atoms with Crippen LogP contribution in [0.15, 0.2) is 16.7 Å². The smallest absolute Gasteiger partial charge is 0.152 e. The van der Waals surface area contributed by atoms with Gasteiger partial charge < -0.3 is 10.2 Å². The van der Waals surface area contributed by atoms with E-state index in [1.165, 1.54) is 0 Å². The fraction of sp³-hybridized carbons (Fsp3) is 0.500. The second kappa shape index (κ2) is 4.11. The molecule has 0 aliphatic heterocycles. The summed E-state index contributed by atoms with van der Waals surface area (Å²) >= 11 is 0. The Morgan fingerprint density at radius 1 is 1.62 bits per heavy atom. The summed E-state index contributed by atoms with van der Waals surface area (Å²) in [4.78, 5) is 0. The van der Waals surface area contributed by atoms with Gasteiger partial charge in [0.25, 0.3) is 0 Å². The second-order valence-corrected chi connectivity index (χ2v) is 3.51. The summed E-state index contributed by atoms with van der Waals surface area (Å²) in [6.45, 7) is 4.24. The summed E-state index contributed by atoms with van der Waals surface area (Å²) < 4.78 is 5.17. The van der Waals surface area contributed by atoms with Gasteiger partial charge in [0.1, 0.15) is 5.76 Å². The number of furan rings is 1. The lowest BCUT2D eigenvalue weighted by Gasteiger charge is -2.05. The van der Waals surface area contributed by atoms with E-state index in [0.29, 0.717) is 11.7 Å². The van der Waals surface area contributed by atoms with Gasteiger partial charge >= 0.3 is 0 Å². The third-order valence-electron chi connectivity index (χ3n) is 1.83. The molecule has 1 atom stereocenters. The molecule has 0 spiro atoms. The van der Waals surface area contributed by atoms with Crippen LogP contribution in [0.3, 0.4) is 0 Å². The van der Waals surface area contributed by atoms with Gasteiger partial charge in [0.05, 0.1) is 12.3 Å². The van der Waals surface area contributed by atoms with Crippen molar-refractivity contribution in [3.8, 4) is 6.07 Å². The second-order valence-electron chi connectivity index (χ2n) is 3.51. The minimum absolute atomic E-state index is 0.544. The van der Waals surface area contributed by atoms with E-state index in [4.69, 9.17) is 15.4 Å². The van der Waals surface area contributed by atoms with Crippen molar-refractivity contribution in [1.29, 1.82) is 5.26 Å². The van der Waals surface area contributed by atoms with Crippen LogP contribution in [0.1, 0.15) is 31.2 Å². The van der Waals surface area contributed by atoms with E-state index in [0.717, 1.165) is 12.0 Å². The Morgan fingerprint density at radius 2 is 2.31 bits per heavy atom. The monoisotopic (exact) mass is 178 g/mol. The Hall–Kier alpha value is -1.27. The first kappa shape index (κ1) is 9.82. The van der Waals surface area contributed by atoms with Crippen molar-refractivity contribution in [1.82, 2.24) is 0 Å². The van der Waals surface area contributed by atoms with E-state index < -0.39 is 6.04 Å². The molecule has 1 aromatic heterocycles. The van der Waals surface area contributed by atoms with Crippen LogP contribution in [0, 0.1) is 17.2 Å². The molecule has 3 heteroatoms. The molecule has 1 unspecified atom stereocenters. The van der Waals surface area contributed by atoms with Crippen molar-refractivity contribution >= 4 is 0 Å². The molecule has 1 rings (SSSR count). The Kier molecular flexibility index (Phi) is 3.10. The van der Waals surface area contributed by atoms with E-state index in [1.54, 1.807) is 6.26 Å². The molecule has 0 saturated carbocycles. The highest BCUT2D eigenvalue weighted by Crippen LogP contribution is 2.19. The molecule has 70 valence electrons. The average molecular weight is 178 g/mol. The lowest BCUT2D eigenvalue weighted by Crippen LogP contribution is -2.09. The van der Waals surface area contributed by atoms with Crippen LogP contribution in [0.2, 0.25) is 0 Å². The predicted octanol–water partition coefficient (Wildman–Crippen LogP) is 2.00. The Bertz CT molecular complexity index is 309. The van der Waals surface area contributed by atoms with Crippen molar-refractivity contribution < 1.29 is 4.42 Å². The van der Waals surface area contributed by atoms with Crippen molar-refractivity contribution in [2.24, 2.45) is 11.7 Å². The molecule has 0 aliphatic carbocycles. The van der Waals surface area contributed by atoms with Crippen LogP contribution in [0.5, 0.6) is 0 Å². The quantitative estimate of drug-likeness (QED) is 0.770. The standard InChI is InChI=1S/C10H14N2O/c1-7(2)5-8-3-4-13-10(8)9(12)6-11/h3-4,7,9H,5,12H2,1-2H3. The Labute approximate surface area is 78.1 Å². The van der Waals surface area contributed by atoms with E-state index in [-0.39, 0.29) is 0 Å². The van der Waals surface area contributed by atoms with E-state index in [9.17, 15) is 0 Å². The summed E-state index contributed by atoms with van der Waals surface area (Å²) in [5.74, 6) is 1.15. The molecule has 2 N–H and O–H groups in total. The lowest BCUT2D eigenvalue weighted by atomic mass is 10.0. The fourth-order valence-electron chi connectivity index (χ4n) is 1.29. The summed E-state index contributed by atoms with van der Waals surface area (Å²) in [6, 6.07) is 3.21. The van der Waals surface area contributed by atoms with Gasteiger partial charge in [0.2, 0.25) is 0 Å². The highest BCUT2D eigenvalue weighted by Gasteiger charge is 2.14. The maximum atomic E-state index is 8.63. The van der Waals surface area contributed by atoms with Crippen LogP contribution in [0.25, 0.3) is 0 Å². The maximum absolute atomic E-state index is 8.63. The first-order valence-electron chi connectivity index (χ1n) is 4.36. The molecule has 13 heavy (non-hydrogen) atoms. The zero-order chi connectivity index (χ0) is 9.84. The Morgan fingerprint density at radius 3 is 2.85 bits per heavy atom. The molecule has 1 aromatic rings. The van der Waals surface area contributed by atoms with Gasteiger partial charge in [-0.15, -0.1) is 0 Å². The molecule has 3 nitrogen and oxygen atoms in total. The van der Waals surface area contributed by atoms with E-state index in [2.05, 4.69) is 13.8 Å². The number of hydrogen-bond donors (Lipinski definition) is 1. The molecular weight excluding hydrogens is 164 g/mol. The normalized spacial score (nSPS) is 12.8. The summed E-state index contributed by atoms with van der Waals surface area (Å²) in [7, 11) is 0. The molecule has 0 bridgehead atoms. The van der Waals surface area contributed by atoms with Crippen LogP contribution in [0.4, 0.5) is 0 Å². The van der Waals surface area contributed by atoms with Crippen LogP contribution in [-0.2, 0) is 6.42 Å². The average Bonchev–Trinajstić information content (AvgIpc) is 2.50. The highest BCUT2D eigenvalue weighted by atomic mass is 16.3. The molecule has 0 amide bonds. The molecule has 0 radical (unpaired) electrons. The van der Waals surface area contributed by atoms with Gasteiger partial charge in [-0.1, -0.05) is 13.8 Å². The molecule has 0 aromatic carbocycles. The largest absolute Gasteiger partial charge is 0.466 e. The summed E-state index contributed by atoms with van der Waals surface area (Å²) in [5.41, 5.74) is 6.61. The summed E-state index contributed by atoms with van der Waals surface area (Å²) in [6.07, 6.45) is 2.49. The number of nitrogens with two attached hydrogens (primary N) is 1. The minimum Gasteiger partial charge on any atom is -0.466 e. The highest BCUT2D eigenvalue weighted by molar-refractivity contribution is 5.24. The van der Waals surface area contributed by atoms with Crippen LogP contribution in [-0.4, -0.2) is 0 Å². The minimum atomic E-state index is -0.635. The zero-order valence-corrected chi connectivity index (χ0v) is 7.95. The lowest BCUT2D eigenvalue weighted by molar-refractivity contribution is 0.487. The third-order valence-corrected chi connectivity index (χ3v) is 1.83. The molecule has 1 heterocycles. The van der Waals surface area contributed by atoms with E-state index >= 15 is 0 Å². The fourth-order valence-corrected chi connectivity index (χ4v) is 1.29. The first-order chi connectivity index (χ1) is 6.15. The van der Waals surface area contributed by atoms with E-state index in [1.807, 2.05) is 12.1 Å². The predicted molar refractivity (Wildman–Crippen MR) is 49.8 cm³/mol. The Balaban J connectivity index is 2.84. The SMILES string of the molecule is CC(C)Cc1ccoc1C(N)C#N.